The fourth-order valence-electron chi connectivity index (χ4n) is 4.12. The molecule has 1 atom stereocenters. The predicted octanol–water partition coefficient (Wildman–Crippen LogP) is 3.16. The van der Waals surface area contributed by atoms with Crippen LogP contribution >= 0.6 is 11.3 Å². The molecule has 0 aliphatic heterocycles. The van der Waals surface area contributed by atoms with Gasteiger partial charge in [-0.05, 0) is 49.8 Å². The maximum absolute atomic E-state index is 12.9. The average Bonchev–Trinajstić information content (AvgIpc) is 3.39. The summed E-state index contributed by atoms with van der Waals surface area (Å²) in [5.41, 5.74) is 1.06. The van der Waals surface area contributed by atoms with Crippen molar-refractivity contribution in [1.82, 2.24) is 14.9 Å². The van der Waals surface area contributed by atoms with Gasteiger partial charge in [0.1, 0.15) is 29.1 Å². The van der Waals surface area contributed by atoms with Crippen molar-refractivity contribution < 1.29 is 19.1 Å². The lowest BCUT2D eigenvalue weighted by Crippen LogP contribution is -2.35. The summed E-state index contributed by atoms with van der Waals surface area (Å²) in [5, 5.41) is 11.2. The number of aromatic amines is 1. The molecule has 0 amide bonds. The molecule has 0 saturated carbocycles. The number of aliphatic hydroxyl groups is 1. The van der Waals surface area contributed by atoms with E-state index < -0.39 is 6.10 Å². The number of hydrogen-bond donors (Lipinski definition) is 2. The van der Waals surface area contributed by atoms with Crippen LogP contribution in [-0.2, 0) is 35.5 Å². The molecule has 0 fully saturated rings. The lowest BCUT2D eigenvalue weighted by molar-refractivity contribution is -0.147. The summed E-state index contributed by atoms with van der Waals surface area (Å²) < 4.78 is 10.6. The van der Waals surface area contributed by atoms with Gasteiger partial charge in [0, 0.05) is 17.8 Å². The highest BCUT2D eigenvalue weighted by atomic mass is 32.1. The van der Waals surface area contributed by atoms with E-state index in [2.05, 4.69) is 4.98 Å². The van der Waals surface area contributed by atoms with Gasteiger partial charge in [-0.25, -0.2) is 4.98 Å². The number of rotatable bonds is 10. The molecule has 3 aromatic rings. The number of ether oxygens (including phenoxy) is 1. The molecule has 0 spiro atoms. The number of carbonyl (C=O) groups is 1. The van der Waals surface area contributed by atoms with Gasteiger partial charge in [0.25, 0.3) is 5.56 Å². The summed E-state index contributed by atoms with van der Waals surface area (Å²) in [6.45, 7) is 2.82. The Hall–Kier alpha value is -2.49. The second kappa shape index (κ2) is 10.4. The number of fused-ring (bicyclic) bond motifs is 3. The fraction of sp³-hybridized carbons (Fsp3) is 0.522. The first kappa shape index (κ1) is 22.7. The minimum absolute atomic E-state index is 0.0753. The van der Waals surface area contributed by atoms with Crippen molar-refractivity contribution in [2.45, 2.75) is 64.6 Å². The van der Waals surface area contributed by atoms with E-state index in [0.29, 0.717) is 31.8 Å². The van der Waals surface area contributed by atoms with Gasteiger partial charge in [-0.3, -0.25) is 14.5 Å². The number of aliphatic hydroxyl groups excluding tert-OH is 1. The summed E-state index contributed by atoms with van der Waals surface area (Å²) in [4.78, 5) is 36.1. The van der Waals surface area contributed by atoms with Crippen LogP contribution in [0.25, 0.3) is 10.2 Å². The number of esters is 1. The molecule has 1 unspecified atom stereocenters. The van der Waals surface area contributed by atoms with E-state index >= 15 is 0 Å². The molecule has 2 N–H and O–H groups in total. The van der Waals surface area contributed by atoms with Crippen molar-refractivity contribution in [3.8, 4) is 0 Å². The van der Waals surface area contributed by atoms with E-state index in [1.165, 1.54) is 4.88 Å². The number of nitrogens with one attached hydrogen (secondary N) is 1. The molecule has 3 aromatic heterocycles. The van der Waals surface area contributed by atoms with Crippen molar-refractivity contribution in [3.05, 3.63) is 50.8 Å². The maximum Gasteiger partial charge on any atom is 0.305 e. The third-order valence-electron chi connectivity index (χ3n) is 5.57. The first-order chi connectivity index (χ1) is 15.5. The van der Waals surface area contributed by atoms with Crippen molar-refractivity contribution in [1.29, 1.82) is 0 Å². The van der Waals surface area contributed by atoms with Crippen LogP contribution in [0.15, 0.2) is 27.6 Å². The quantitative estimate of drug-likeness (QED) is 0.448. The Morgan fingerprint density at radius 3 is 3.00 bits per heavy atom. The lowest BCUT2D eigenvalue weighted by Gasteiger charge is -2.23. The van der Waals surface area contributed by atoms with Gasteiger partial charge in [0.15, 0.2) is 0 Å². The molecule has 3 heterocycles. The highest BCUT2D eigenvalue weighted by molar-refractivity contribution is 7.18. The second-order valence-electron chi connectivity index (χ2n) is 8.24. The fourth-order valence-corrected chi connectivity index (χ4v) is 5.40. The summed E-state index contributed by atoms with van der Waals surface area (Å²) in [7, 11) is 0. The standard InChI is InChI=1S/C23H29N3O5S/c1-2-6-20(28)31-14-15(27)11-26(12-16-7-5-10-30-16)13-19-24-22(29)21-17-8-3-4-9-18(17)32-23(21)25-19/h5,7,10,15,27H,2-4,6,8-9,11-14H2,1H3,(H,24,25,29). The third kappa shape index (κ3) is 5.46. The van der Waals surface area contributed by atoms with Gasteiger partial charge in [-0.2, -0.15) is 0 Å². The molecule has 0 radical (unpaired) electrons. The van der Waals surface area contributed by atoms with Crippen LogP contribution in [0.1, 0.15) is 54.6 Å². The molecule has 32 heavy (non-hydrogen) atoms. The Morgan fingerprint density at radius 1 is 1.38 bits per heavy atom. The smallest absolute Gasteiger partial charge is 0.305 e. The second-order valence-corrected chi connectivity index (χ2v) is 9.32. The lowest BCUT2D eigenvalue weighted by atomic mass is 9.97. The SMILES string of the molecule is CCCC(=O)OCC(O)CN(Cc1nc2sc3c(c2c(=O)[nH]1)CCCC3)Cc1ccco1. The summed E-state index contributed by atoms with van der Waals surface area (Å²) in [6, 6.07) is 3.66. The molecule has 0 aromatic carbocycles. The summed E-state index contributed by atoms with van der Waals surface area (Å²) in [5.74, 6) is 0.959. The molecule has 172 valence electrons. The zero-order valence-electron chi connectivity index (χ0n) is 18.3. The van der Waals surface area contributed by atoms with E-state index in [1.807, 2.05) is 17.9 Å². The number of hydrogen-bond acceptors (Lipinski definition) is 8. The highest BCUT2D eigenvalue weighted by Gasteiger charge is 2.21. The number of aryl methyl sites for hydroxylation is 2. The van der Waals surface area contributed by atoms with Gasteiger partial charge in [0.05, 0.1) is 24.7 Å². The first-order valence-electron chi connectivity index (χ1n) is 11.1. The maximum atomic E-state index is 12.9. The highest BCUT2D eigenvalue weighted by Crippen LogP contribution is 2.33. The predicted molar refractivity (Wildman–Crippen MR) is 122 cm³/mol. The van der Waals surface area contributed by atoms with E-state index in [1.54, 1.807) is 23.7 Å². The van der Waals surface area contributed by atoms with Crippen LogP contribution < -0.4 is 5.56 Å². The Bertz CT molecular complexity index is 1100. The van der Waals surface area contributed by atoms with Crippen LogP contribution in [0.5, 0.6) is 0 Å². The van der Waals surface area contributed by atoms with Gasteiger partial charge in [-0.15, -0.1) is 11.3 Å². The molecular weight excluding hydrogens is 430 g/mol. The van der Waals surface area contributed by atoms with E-state index in [-0.39, 0.29) is 24.7 Å². The normalized spacial score (nSPS) is 14.6. The number of furan rings is 1. The molecule has 9 heteroatoms. The summed E-state index contributed by atoms with van der Waals surface area (Å²) in [6.07, 6.45) is 5.98. The van der Waals surface area contributed by atoms with Crippen molar-refractivity contribution in [3.63, 3.8) is 0 Å². The minimum atomic E-state index is -0.865. The molecule has 0 bridgehead atoms. The van der Waals surface area contributed by atoms with Crippen molar-refractivity contribution in [2.24, 2.45) is 0 Å². The summed E-state index contributed by atoms with van der Waals surface area (Å²) >= 11 is 1.62. The Balaban J connectivity index is 1.50. The van der Waals surface area contributed by atoms with Crippen LogP contribution in [0.4, 0.5) is 0 Å². The number of nitrogens with zero attached hydrogens (tertiary/aromatic N) is 2. The Morgan fingerprint density at radius 2 is 2.22 bits per heavy atom. The molecule has 4 rings (SSSR count). The molecule has 8 nitrogen and oxygen atoms in total. The number of thiophene rings is 1. The topological polar surface area (TPSA) is 109 Å². The van der Waals surface area contributed by atoms with Gasteiger partial charge < -0.3 is 19.2 Å². The van der Waals surface area contributed by atoms with Crippen LogP contribution in [0.3, 0.4) is 0 Å². The Kier molecular flexibility index (Phi) is 7.39. The number of aromatic nitrogens is 2. The van der Waals surface area contributed by atoms with E-state index in [9.17, 15) is 14.7 Å². The Labute approximate surface area is 190 Å². The monoisotopic (exact) mass is 459 g/mol. The van der Waals surface area contributed by atoms with Gasteiger partial charge in [0.2, 0.25) is 0 Å². The minimum Gasteiger partial charge on any atom is -0.468 e. The molecule has 1 aliphatic carbocycles. The average molecular weight is 460 g/mol. The molecule has 0 saturated heterocycles. The zero-order valence-corrected chi connectivity index (χ0v) is 19.1. The van der Waals surface area contributed by atoms with Gasteiger partial charge >= 0.3 is 5.97 Å². The zero-order chi connectivity index (χ0) is 22.5. The van der Waals surface area contributed by atoms with Crippen LogP contribution in [-0.4, -0.2) is 45.2 Å². The van der Waals surface area contributed by atoms with Crippen molar-refractivity contribution in [2.75, 3.05) is 13.2 Å². The van der Waals surface area contributed by atoms with Crippen LogP contribution in [0.2, 0.25) is 0 Å². The van der Waals surface area contributed by atoms with E-state index in [0.717, 1.165) is 47.2 Å². The van der Waals surface area contributed by atoms with Crippen molar-refractivity contribution >= 4 is 27.5 Å². The van der Waals surface area contributed by atoms with Crippen LogP contribution in [0, 0.1) is 0 Å². The first-order valence-corrected chi connectivity index (χ1v) is 12.0. The number of H-pyrrole nitrogens is 1. The van der Waals surface area contributed by atoms with Gasteiger partial charge in [-0.1, -0.05) is 6.92 Å². The molecular formula is C23H29N3O5S. The molecule has 1 aliphatic rings. The largest absolute Gasteiger partial charge is 0.468 e. The third-order valence-corrected chi connectivity index (χ3v) is 6.75. The van der Waals surface area contributed by atoms with E-state index in [4.69, 9.17) is 14.1 Å². The number of carbonyl (C=O) groups excluding carboxylic acids is 1.